The zero-order chi connectivity index (χ0) is 17.6. The van der Waals surface area contributed by atoms with Crippen LogP contribution in [0.25, 0.3) is 0 Å². The summed E-state index contributed by atoms with van der Waals surface area (Å²) in [6.07, 6.45) is 0.733. The lowest BCUT2D eigenvalue weighted by molar-refractivity contribution is -0.107. The highest BCUT2D eigenvalue weighted by Crippen LogP contribution is 2.12. The second kappa shape index (κ2) is 7.63. The van der Waals surface area contributed by atoms with E-state index in [4.69, 9.17) is 5.73 Å². The van der Waals surface area contributed by atoms with Crippen molar-refractivity contribution in [1.29, 1.82) is 0 Å². The number of nitrogens with one attached hydrogen (secondary N) is 1. The third-order valence-electron chi connectivity index (χ3n) is 3.94. The lowest BCUT2D eigenvalue weighted by atomic mass is 10.0. The number of hydrogen-bond donors (Lipinski definition) is 2. The fourth-order valence-corrected chi connectivity index (χ4v) is 2.51. The van der Waals surface area contributed by atoms with Crippen LogP contribution in [0.1, 0.15) is 27.9 Å². The zero-order valence-corrected chi connectivity index (χ0v) is 13.6. The van der Waals surface area contributed by atoms with E-state index in [2.05, 4.69) is 15.5 Å². The molecule has 0 spiro atoms. The molecule has 3 N–H and O–H groups in total. The van der Waals surface area contributed by atoms with Crippen LogP contribution in [0.4, 0.5) is 0 Å². The number of rotatable bonds is 6. The highest BCUT2D eigenvalue weighted by atomic mass is 16.1. The van der Waals surface area contributed by atoms with E-state index < -0.39 is 6.04 Å². The van der Waals surface area contributed by atoms with Gasteiger partial charge in [-0.05, 0) is 5.56 Å². The number of Topliss-reactive ketones (excluding diaryl/α,β-unsaturated/α-hetero) is 1. The van der Waals surface area contributed by atoms with Crippen molar-refractivity contribution in [2.45, 2.75) is 19.0 Å². The maximum absolute atomic E-state index is 12.4. The Balaban J connectivity index is 1.73. The van der Waals surface area contributed by atoms with Gasteiger partial charge in [0.1, 0.15) is 18.2 Å². The average molecular weight is 334 g/mol. The molecule has 0 aliphatic carbocycles. The van der Waals surface area contributed by atoms with Crippen molar-refractivity contribution < 1.29 is 9.59 Å². The SMILES string of the molecule is NCc1ccc(C(=O)CC2=NNC(c3ccccc3)=NC2C=O)cc1. The first-order chi connectivity index (χ1) is 12.2. The van der Waals surface area contributed by atoms with E-state index in [-0.39, 0.29) is 12.2 Å². The molecule has 1 heterocycles. The van der Waals surface area contributed by atoms with Crippen molar-refractivity contribution in [3.05, 3.63) is 71.3 Å². The Hall–Kier alpha value is -3.12. The highest BCUT2D eigenvalue weighted by Gasteiger charge is 2.23. The molecule has 0 aromatic heterocycles. The van der Waals surface area contributed by atoms with E-state index in [1.165, 1.54) is 0 Å². The normalized spacial score (nSPS) is 16.4. The maximum atomic E-state index is 12.4. The molecule has 0 amide bonds. The van der Waals surface area contributed by atoms with Crippen molar-refractivity contribution >= 4 is 23.6 Å². The highest BCUT2D eigenvalue weighted by molar-refractivity contribution is 6.17. The topological polar surface area (TPSA) is 96.9 Å². The van der Waals surface area contributed by atoms with E-state index in [0.29, 0.717) is 29.9 Å². The molecule has 1 aliphatic heterocycles. The molecule has 0 fully saturated rings. The summed E-state index contributed by atoms with van der Waals surface area (Å²) in [5.41, 5.74) is 11.1. The van der Waals surface area contributed by atoms with Crippen LogP contribution in [0.3, 0.4) is 0 Å². The largest absolute Gasteiger partial charge is 0.326 e. The fraction of sp³-hybridized carbons (Fsp3) is 0.158. The molecule has 1 aliphatic rings. The van der Waals surface area contributed by atoms with Gasteiger partial charge in [0.2, 0.25) is 0 Å². The lowest BCUT2D eigenvalue weighted by Crippen LogP contribution is -2.35. The van der Waals surface area contributed by atoms with Crippen molar-refractivity contribution in [3.8, 4) is 0 Å². The fourth-order valence-electron chi connectivity index (χ4n) is 2.51. The second-order valence-electron chi connectivity index (χ2n) is 5.64. The number of nitrogens with two attached hydrogens (primary N) is 1. The molecule has 1 atom stereocenters. The van der Waals surface area contributed by atoms with Crippen molar-refractivity contribution in [3.63, 3.8) is 0 Å². The Bertz CT molecular complexity index is 826. The van der Waals surface area contributed by atoms with Crippen molar-refractivity contribution in [2.24, 2.45) is 15.8 Å². The number of hydrogen-bond acceptors (Lipinski definition) is 6. The first-order valence-electron chi connectivity index (χ1n) is 7.94. The molecule has 0 saturated heterocycles. The van der Waals surface area contributed by atoms with Crippen LogP contribution in [0.5, 0.6) is 0 Å². The standard InChI is InChI=1S/C19H18N4O2/c20-11-13-6-8-14(9-7-13)18(25)10-16-17(12-24)21-19(23-22-16)15-4-2-1-3-5-15/h1-9,12,17H,10-11,20H2,(H,21,23). The molecule has 126 valence electrons. The summed E-state index contributed by atoms with van der Waals surface area (Å²) in [5.74, 6) is 0.399. The molecule has 3 rings (SSSR count). The third kappa shape index (κ3) is 3.87. The third-order valence-corrected chi connectivity index (χ3v) is 3.94. The van der Waals surface area contributed by atoms with Gasteiger partial charge in [0.05, 0.1) is 12.1 Å². The minimum atomic E-state index is -0.760. The molecule has 6 nitrogen and oxygen atoms in total. The Morgan fingerprint density at radius 3 is 2.48 bits per heavy atom. The Labute approximate surface area is 145 Å². The summed E-state index contributed by atoms with van der Waals surface area (Å²) in [6.45, 7) is 0.426. The predicted molar refractivity (Wildman–Crippen MR) is 96.7 cm³/mol. The van der Waals surface area contributed by atoms with Gasteiger partial charge in [-0.25, -0.2) is 4.99 Å². The van der Waals surface area contributed by atoms with Crippen LogP contribution in [0.15, 0.2) is 64.7 Å². The van der Waals surface area contributed by atoms with Crippen LogP contribution in [-0.2, 0) is 11.3 Å². The van der Waals surface area contributed by atoms with Gasteiger partial charge in [0.15, 0.2) is 5.78 Å². The van der Waals surface area contributed by atoms with E-state index in [1.807, 2.05) is 42.5 Å². The maximum Gasteiger partial charge on any atom is 0.168 e. The van der Waals surface area contributed by atoms with Crippen LogP contribution in [0.2, 0.25) is 0 Å². The molecule has 25 heavy (non-hydrogen) atoms. The van der Waals surface area contributed by atoms with Crippen molar-refractivity contribution in [1.82, 2.24) is 5.43 Å². The van der Waals surface area contributed by atoms with Gasteiger partial charge in [0, 0.05) is 17.7 Å². The molecule has 2 aromatic carbocycles. The van der Waals surface area contributed by atoms with Crippen LogP contribution in [-0.4, -0.2) is 29.7 Å². The molecule has 0 bridgehead atoms. The summed E-state index contributed by atoms with van der Waals surface area (Å²) in [7, 11) is 0. The minimum Gasteiger partial charge on any atom is -0.326 e. The molecule has 0 radical (unpaired) electrons. The van der Waals surface area contributed by atoms with Crippen LogP contribution in [0, 0.1) is 0 Å². The number of aliphatic imine (C=N–C) groups is 1. The van der Waals surface area contributed by atoms with Gasteiger partial charge in [-0.3, -0.25) is 10.2 Å². The smallest absolute Gasteiger partial charge is 0.168 e. The number of benzene rings is 2. The summed E-state index contributed by atoms with van der Waals surface area (Å²) < 4.78 is 0. The monoisotopic (exact) mass is 334 g/mol. The van der Waals surface area contributed by atoms with Gasteiger partial charge >= 0.3 is 0 Å². The number of nitrogens with zero attached hydrogens (tertiary/aromatic N) is 2. The second-order valence-corrected chi connectivity index (χ2v) is 5.64. The first kappa shape index (κ1) is 16.7. The molecule has 6 heteroatoms. The number of carbonyl (C=O) groups is 2. The summed E-state index contributed by atoms with van der Waals surface area (Å²) in [6, 6.07) is 15.7. The van der Waals surface area contributed by atoms with Gasteiger partial charge in [-0.15, -0.1) is 0 Å². The molecule has 1 unspecified atom stereocenters. The van der Waals surface area contributed by atoms with Gasteiger partial charge in [-0.2, -0.15) is 5.10 Å². The quantitative estimate of drug-likeness (QED) is 0.620. The zero-order valence-electron chi connectivity index (χ0n) is 13.6. The Kier molecular flexibility index (Phi) is 5.11. The number of amidine groups is 1. The van der Waals surface area contributed by atoms with Crippen LogP contribution < -0.4 is 11.2 Å². The number of hydrazone groups is 1. The van der Waals surface area contributed by atoms with Crippen LogP contribution >= 0.6 is 0 Å². The van der Waals surface area contributed by atoms with Gasteiger partial charge in [-0.1, -0.05) is 54.6 Å². The summed E-state index contributed by atoms with van der Waals surface area (Å²) >= 11 is 0. The number of aldehydes is 1. The minimum absolute atomic E-state index is 0.0317. The number of ketones is 1. The van der Waals surface area contributed by atoms with E-state index >= 15 is 0 Å². The lowest BCUT2D eigenvalue weighted by Gasteiger charge is -2.18. The summed E-state index contributed by atoms with van der Waals surface area (Å²) in [4.78, 5) is 28.2. The first-order valence-corrected chi connectivity index (χ1v) is 7.94. The molecule has 2 aromatic rings. The molecular formula is C19H18N4O2. The Morgan fingerprint density at radius 1 is 1.12 bits per heavy atom. The average Bonchev–Trinajstić information content (AvgIpc) is 2.69. The van der Waals surface area contributed by atoms with E-state index in [0.717, 1.165) is 11.1 Å². The van der Waals surface area contributed by atoms with E-state index in [9.17, 15) is 9.59 Å². The van der Waals surface area contributed by atoms with E-state index in [1.54, 1.807) is 12.1 Å². The van der Waals surface area contributed by atoms with Gasteiger partial charge < -0.3 is 10.5 Å². The van der Waals surface area contributed by atoms with Crippen molar-refractivity contribution in [2.75, 3.05) is 0 Å². The van der Waals surface area contributed by atoms with Gasteiger partial charge in [0.25, 0.3) is 0 Å². The Morgan fingerprint density at radius 2 is 1.84 bits per heavy atom. The summed E-state index contributed by atoms with van der Waals surface area (Å²) in [5, 5.41) is 4.20. The number of carbonyl (C=O) groups excluding carboxylic acids is 2. The predicted octanol–water partition coefficient (Wildman–Crippen LogP) is 1.69. The molecular weight excluding hydrogens is 316 g/mol. The molecule has 0 saturated carbocycles.